The van der Waals surface area contributed by atoms with E-state index in [2.05, 4.69) is 5.32 Å². The van der Waals surface area contributed by atoms with Crippen molar-refractivity contribution in [2.24, 2.45) is 0 Å². The number of nitrogens with zero attached hydrogens (tertiary/aromatic N) is 1. The molecule has 0 saturated carbocycles. The van der Waals surface area contributed by atoms with Gasteiger partial charge in [-0.25, -0.2) is 0 Å². The van der Waals surface area contributed by atoms with Crippen LogP contribution in [0.4, 0.5) is 11.4 Å². The van der Waals surface area contributed by atoms with E-state index < -0.39 is 0 Å². The summed E-state index contributed by atoms with van der Waals surface area (Å²) in [5.41, 5.74) is 1.59. The minimum atomic E-state index is -0.365. The van der Waals surface area contributed by atoms with E-state index in [-0.39, 0.29) is 17.2 Å². The Morgan fingerprint density at radius 1 is 1.44 bits per heavy atom. The van der Waals surface area contributed by atoms with E-state index in [4.69, 9.17) is 5.11 Å². The Morgan fingerprint density at radius 3 is 2.89 bits per heavy atom. The number of nitro groups is 1. The Balaban J connectivity index is 2.38. The van der Waals surface area contributed by atoms with Crippen LogP contribution in [0.15, 0.2) is 18.2 Å². The van der Waals surface area contributed by atoms with Gasteiger partial charge in [-0.3, -0.25) is 10.1 Å². The van der Waals surface area contributed by atoms with Gasteiger partial charge in [0.1, 0.15) is 0 Å². The number of rotatable bonds is 8. The minimum absolute atomic E-state index is 0.146. The predicted molar refractivity (Wildman–Crippen MR) is 75.4 cm³/mol. The quantitative estimate of drug-likeness (QED) is 0.431. The SMILES string of the molecule is Cc1ccc(NCCSCCCO)cc1[N+](=O)[O-]. The number of aliphatic hydroxyl groups excluding tert-OH is 1. The molecule has 6 heteroatoms. The fourth-order valence-electron chi connectivity index (χ4n) is 1.45. The van der Waals surface area contributed by atoms with E-state index in [1.165, 1.54) is 0 Å². The van der Waals surface area contributed by atoms with Gasteiger partial charge in [0.05, 0.1) is 4.92 Å². The summed E-state index contributed by atoms with van der Waals surface area (Å²) in [7, 11) is 0. The molecule has 0 bridgehead atoms. The largest absolute Gasteiger partial charge is 0.396 e. The van der Waals surface area contributed by atoms with Crippen molar-refractivity contribution >= 4 is 23.1 Å². The minimum Gasteiger partial charge on any atom is -0.396 e. The van der Waals surface area contributed by atoms with Crippen molar-refractivity contribution in [2.45, 2.75) is 13.3 Å². The van der Waals surface area contributed by atoms with Crippen LogP contribution in [-0.2, 0) is 0 Å². The number of hydrogen-bond donors (Lipinski definition) is 2. The molecule has 0 aliphatic carbocycles. The third kappa shape index (κ3) is 4.93. The van der Waals surface area contributed by atoms with Gasteiger partial charge in [0.2, 0.25) is 0 Å². The van der Waals surface area contributed by atoms with Crippen molar-refractivity contribution in [3.05, 3.63) is 33.9 Å². The molecule has 18 heavy (non-hydrogen) atoms. The highest BCUT2D eigenvalue weighted by Crippen LogP contribution is 2.22. The van der Waals surface area contributed by atoms with Crippen LogP contribution < -0.4 is 5.32 Å². The van der Waals surface area contributed by atoms with Gasteiger partial charge < -0.3 is 10.4 Å². The maximum Gasteiger partial charge on any atom is 0.274 e. The summed E-state index contributed by atoms with van der Waals surface area (Å²) in [6.45, 7) is 2.72. The van der Waals surface area contributed by atoms with Crippen LogP contribution in [0.1, 0.15) is 12.0 Å². The fraction of sp³-hybridized carbons (Fsp3) is 0.500. The Hall–Kier alpha value is -1.27. The average molecular weight is 270 g/mol. The van der Waals surface area contributed by atoms with E-state index in [0.717, 1.165) is 30.2 Å². The highest BCUT2D eigenvalue weighted by atomic mass is 32.2. The van der Waals surface area contributed by atoms with Gasteiger partial charge in [-0.2, -0.15) is 11.8 Å². The first-order valence-corrected chi connectivity index (χ1v) is 6.98. The van der Waals surface area contributed by atoms with Crippen LogP contribution in [-0.4, -0.2) is 34.7 Å². The third-order valence-corrected chi connectivity index (χ3v) is 3.50. The van der Waals surface area contributed by atoms with Crippen LogP contribution in [0.2, 0.25) is 0 Å². The van der Waals surface area contributed by atoms with E-state index in [9.17, 15) is 10.1 Å². The summed E-state index contributed by atoms with van der Waals surface area (Å²) in [6.07, 6.45) is 0.806. The Kier molecular flexibility index (Phi) is 6.53. The number of aliphatic hydroxyl groups is 1. The molecule has 5 nitrogen and oxygen atoms in total. The number of anilines is 1. The predicted octanol–water partition coefficient (Wildman–Crippen LogP) is 2.43. The highest BCUT2D eigenvalue weighted by molar-refractivity contribution is 7.99. The first kappa shape index (κ1) is 14.8. The smallest absolute Gasteiger partial charge is 0.274 e. The lowest BCUT2D eigenvalue weighted by Gasteiger charge is -2.07. The Morgan fingerprint density at radius 2 is 2.22 bits per heavy atom. The third-order valence-electron chi connectivity index (χ3n) is 2.43. The molecule has 0 saturated heterocycles. The maximum atomic E-state index is 10.8. The van der Waals surface area contributed by atoms with Crippen LogP contribution in [0.25, 0.3) is 0 Å². The molecule has 100 valence electrons. The molecule has 1 rings (SSSR count). The molecule has 0 aliphatic rings. The normalized spacial score (nSPS) is 10.3. The lowest BCUT2D eigenvalue weighted by atomic mass is 10.2. The first-order valence-electron chi connectivity index (χ1n) is 5.82. The summed E-state index contributed by atoms with van der Waals surface area (Å²) in [4.78, 5) is 10.4. The van der Waals surface area contributed by atoms with Crippen LogP contribution >= 0.6 is 11.8 Å². The van der Waals surface area contributed by atoms with Crippen molar-refractivity contribution in [1.82, 2.24) is 0 Å². The molecule has 0 amide bonds. The average Bonchev–Trinajstić information content (AvgIpc) is 2.35. The Labute approximate surface area is 111 Å². The van der Waals surface area contributed by atoms with Crippen LogP contribution in [0.3, 0.4) is 0 Å². The summed E-state index contributed by atoms with van der Waals surface area (Å²) in [6, 6.07) is 5.16. The zero-order valence-corrected chi connectivity index (χ0v) is 11.2. The maximum absolute atomic E-state index is 10.8. The first-order chi connectivity index (χ1) is 8.65. The van der Waals surface area contributed by atoms with Crippen molar-refractivity contribution in [3.8, 4) is 0 Å². The molecule has 0 radical (unpaired) electrons. The van der Waals surface area contributed by atoms with Crippen molar-refractivity contribution < 1.29 is 10.0 Å². The zero-order chi connectivity index (χ0) is 13.4. The summed E-state index contributed by atoms with van der Waals surface area (Å²) >= 11 is 1.75. The van der Waals surface area contributed by atoms with Gasteiger partial charge in [0, 0.05) is 36.2 Å². The van der Waals surface area contributed by atoms with E-state index in [0.29, 0.717) is 5.56 Å². The molecule has 0 atom stereocenters. The lowest BCUT2D eigenvalue weighted by molar-refractivity contribution is -0.385. The molecule has 1 aromatic rings. The number of nitro benzene ring substituents is 1. The number of thioether (sulfide) groups is 1. The van der Waals surface area contributed by atoms with E-state index in [1.807, 2.05) is 6.07 Å². The summed E-state index contributed by atoms with van der Waals surface area (Å²) < 4.78 is 0. The number of hydrogen-bond acceptors (Lipinski definition) is 5. The van der Waals surface area contributed by atoms with Crippen molar-refractivity contribution in [1.29, 1.82) is 0 Å². The molecule has 0 aliphatic heterocycles. The molecule has 0 unspecified atom stereocenters. The van der Waals surface area contributed by atoms with Crippen molar-refractivity contribution in [3.63, 3.8) is 0 Å². The topological polar surface area (TPSA) is 75.4 Å². The molecule has 1 aromatic carbocycles. The zero-order valence-electron chi connectivity index (χ0n) is 10.4. The van der Waals surface area contributed by atoms with Gasteiger partial charge in [-0.1, -0.05) is 6.07 Å². The second-order valence-corrected chi connectivity index (χ2v) is 5.10. The molecule has 2 N–H and O–H groups in total. The standard InChI is InChI=1S/C12H18N2O3S/c1-10-3-4-11(9-12(10)14(16)17)13-5-8-18-7-2-6-15/h3-4,9,13,15H,2,5-8H2,1H3. The van der Waals surface area contributed by atoms with Gasteiger partial charge in [0.25, 0.3) is 5.69 Å². The van der Waals surface area contributed by atoms with Crippen molar-refractivity contribution in [2.75, 3.05) is 30.0 Å². The summed E-state index contributed by atoms with van der Waals surface area (Å²) in [5, 5.41) is 22.5. The molecular formula is C12H18N2O3S. The second kappa shape index (κ2) is 7.94. The van der Waals surface area contributed by atoms with Crippen LogP contribution in [0.5, 0.6) is 0 Å². The Bertz CT molecular complexity index is 399. The highest BCUT2D eigenvalue weighted by Gasteiger charge is 2.10. The van der Waals surface area contributed by atoms with Gasteiger partial charge in [-0.15, -0.1) is 0 Å². The second-order valence-electron chi connectivity index (χ2n) is 3.87. The molecular weight excluding hydrogens is 252 g/mol. The lowest BCUT2D eigenvalue weighted by Crippen LogP contribution is -2.05. The van der Waals surface area contributed by atoms with Gasteiger partial charge in [0.15, 0.2) is 0 Å². The molecule has 0 spiro atoms. The molecule has 0 fully saturated rings. The monoisotopic (exact) mass is 270 g/mol. The number of aryl methyl sites for hydroxylation is 1. The fourth-order valence-corrected chi connectivity index (χ4v) is 2.24. The van der Waals surface area contributed by atoms with Gasteiger partial charge in [-0.05, 0) is 25.2 Å². The summed E-state index contributed by atoms with van der Waals surface area (Å²) in [5.74, 6) is 1.86. The van der Waals surface area contributed by atoms with Gasteiger partial charge >= 0.3 is 0 Å². The number of nitrogens with one attached hydrogen (secondary N) is 1. The van der Waals surface area contributed by atoms with Crippen LogP contribution in [0, 0.1) is 17.0 Å². The van der Waals surface area contributed by atoms with E-state index >= 15 is 0 Å². The molecule has 0 aromatic heterocycles. The van der Waals surface area contributed by atoms with E-state index in [1.54, 1.807) is 30.8 Å². The number of benzene rings is 1. The molecule has 0 heterocycles.